The fraction of sp³-hybridized carbons (Fsp3) is 0.400. The molecule has 0 unspecified atom stereocenters. The third-order valence-corrected chi connectivity index (χ3v) is 5.70. The van der Waals surface area contributed by atoms with Gasteiger partial charge in [-0.05, 0) is 69.3 Å². The Morgan fingerprint density at radius 2 is 1.94 bits per heavy atom. The van der Waals surface area contributed by atoms with Gasteiger partial charge in [0.15, 0.2) is 18.1 Å². The second-order valence-electron chi connectivity index (χ2n) is 7.83. The molecule has 0 aliphatic heterocycles. The highest BCUT2D eigenvalue weighted by atomic mass is 35.5. The number of methoxy groups -OCH3 is 1. The minimum Gasteiger partial charge on any atom is -0.493 e. The van der Waals surface area contributed by atoms with Crippen molar-refractivity contribution >= 4 is 23.2 Å². The summed E-state index contributed by atoms with van der Waals surface area (Å²) in [5.74, 6) is 0.756. The molecule has 166 valence electrons. The summed E-state index contributed by atoms with van der Waals surface area (Å²) in [6, 6.07) is 11.2. The molecule has 2 aromatic rings. The maximum atomic E-state index is 12.2. The van der Waals surface area contributed by atoms with E-state index in [9.17, 15) is 4.79 Å². The van der Waals surface area contributed by atoms with Crippen LogP contribution in [0.15, 0.2) is 48.0 Å². The van der Waals surface area contributed by atoms with Gasteiger partial charge in [0.1, 0.15) is 0 Å². The summed E-state index contributed by atoms with van der Waals surface area (Å²) in [4.78, 5) is 12.2. The highest BCUT2D eigenvalue weighted by Crippen LogP contribution is 2.33. The fourth-order valence-corrected chi connectivity index (χ4v) is 3.79. The van der Waals surface area contributed by atoms with E-state index in [0.29, 0.717) is 23.1 Å². The lowest BCUT2D eigenvalue weighted by Gasteiger charge is -2.15. The maximum absolute atomic E-state index is 12.2. The van der Waals surface area contributed by atoms with E-state index in [2.05, 4.69) is 16.7 Å². The predicted molar refractivity (Wildman–Crippen MR) is 126 cm³/mol. The number of carbonyl (C=O) groups is 1. The first kappa shape index (κ1) is 23.2. The van der Waals surface area contributed by atoms with E-state index in [4.69, 9.17) is 21.1 Å². The molecule has 1 aliphatic carbocycles. The maximum Gasteiger partial charge on any atom is 0.262 e. The summed E-state index contributed by atoms with van der Waals surface area (Å²) in [5, 5.41) is 6.85. The Bertz CT molecular complexity index is 910. The largest absolute Gasteiger partial charge is 0.493 e. The number of aryl methyl sites for hydroxylation is 1. The first-order valence-corrected chi connectivity index (χ1v) is 11.2. The molecule has 0 saturated carbocycles. The number of anilines is 1. The zero-order valence-corrected chi connectivity index (χ0v) is 19.1. The first-order chi connectivity index (χ1) is 15.0. The Kier molecular flexibility index (Phi) is 8.80. The highest BCUT2D eigenvalue weighted by Gasteiger charge is 2.13. The average Bonchev–Trinajstić information content (AvgIpc) is 2.78. The molecule has 1 aliphatic rings. The lowest BCUT2D eigenvalue weighted by molar-refractivity contribution is -0.118. The molecule has 0 fully saturated rings. The molecule has 2 N–H and O–H groups in total. The molecule has 5 nitrogen and oxygen atoms in total. The highest BCUT2D eigenvalue weighted by molar-refractivity contribution is 6.31. The summed E-state index contributed by atoms with van der Waals surface area (Å²) < 4.78 is 11.1. The summed E-state index contributed by atoms with van der Waals surface area (Å²) in [5.41, 5.74) is 4.35. The van der Waals surface area contributed by atoms with Crippen molar-refractivity contribution in [1.82, 2.24) is 5.32 Å². The quantitative estimate of drug-likeness (QED) is 0.368. The number of rotatable bonds is 10. The number of halogens is 1. The van der Waals surface area contributed by atoms with E-state index >= 15 is 0 Å². The van der Waals surface area contributed by atoms with E-state index in [0.717, 1.165) is 29.8 Å². The third-order valence-electron chi connectivity index (χ3n) is 5.35. The molecule has 0 atom stereocenters. The summed E-state index contributed by atoms with van der Waals surface area (Å²) in [7, 11) is 1.58. The number of amides is 1. The van der Waals surface area contributed by atoms with E-state index < -0.39 is 0 Å². The van der Waals surface area contributed by atoms with Gasteiger partial charge < -0.3 is 20.1 Å². The molecule has 2 aromatic carbocycles. The number of benzene rings is 2. The monoisotopic (exact) mass is 442 g/mol. The van der Waals surface area contributed by atoms with Gasteiger partial charge in [-0.15, -0.1) is 0 Å². The van der Waals surface area contributed by atoms with Gasteiger partial charge in [-0.2, -0.15) is 0 Å². The molecule has 0 aromatic heterocycles. The van der Waals surface area contributed by atoms with Crippen LogP contribution >= 0.6 is 11.6 Å². The molecular formula is C25H31ClN2O3. The van der Waals surface area contributed by atoms with Crippen LogP contribution in [0.4, 0.5) is 5.69 Å². The van der Waals surface area contributed by atoms with Crippen molar-refractivity contribution in [3.05, 3.63) is 64.2 Å². The van der Waals surface area contributed by atoms with Crippen molar-refractivity contribution < 1.29 is 14.3 Å². The molecule has 6 heteroatoms. The van der Waals surface area contributed by atoms with Crippen LogP contribution in [0.5, 0.6) is 11.5 Å². The minimum absolute atomic E-state index is 0.132. The van der Waals surface area contributed by atoms with E-state index in [1.165, 1.54) is 25.7 Å². The Morgan fingerprint density at radius 1 is 1.13 bits per heavy atom. The van der Waals surface area contributed by atoms with Crippen LogP contribution in [0, 0.1) is 6.92 Å². The standard InChI is InChI=1S/C25H31ClN2O3/c1-18-8-10-21(11-9-18)28-25(29)17-31-24-15-22(26)20(14-23(24)30-2)16-27-13-12-19-6-4-3-5-7-19/h6,8-11,14-15,27H,3-5,7,12-13,16-17H2,1-2H3,(H,28,29). The third kappa shape index (κ3) is 7.30. The van der Waals surface area contributed by atoms with Crippen LogP contribution in [-0.2, 0) is 11.3 Å². The van der Waals surface area contributed by atoms with Crippen LogP contribution < -0.4 is 20.1 Å². The van der Waals surface area contributed by atoms with Crippen LogP contribution in [0.3, 0.4) is 0 Å². The number of carbonyl (C=O) groups excluding carboxylic acids is 1. The Hall–Kier alpha value is -2.50. The number of ether oxygens (including phenoxy) is 2. The zero-order chi connectivity index (χ0) is 22.1. The molecule has 0 saturated heterocycles. The summed E-state index contributed by atoms with van der Waals surface area (Å²) in [6.45, 7) is 3.43. The van der Waals surface area contributed by atoms with E-state index in [1.807, 2.05) is 37.3 Å². The van der Waals surface area contributed by atoms with E-state index in [-0.39, 0.29) is 12.5 Å². The molecule has 0 spiro atoms. The Labute approximate surface area is 189 Å². The van der Waals surface area contributed by atoms with Crippen molar-refractivity contribution in [2.24, 2.45) is 0 Å². The molecular weight excluding hydrogens is 412 g/mol. The summed E-state index contributed by atoms with van der Waals surface area (Å²) in [6.07, 6.45) is 8.50. The SMILES string of the molecule is COc1cc(CNCCC2=CCCCC2)c(Cl)cc1OCC(=O)Nc1ccc(C)cc1. The number of hydrogen-bond donors (Lipinski definition) is 2. The van der Waals surface area contributed by atoms with Gasteiger partial charge in [-0.25, -0.2) is 0 Å². The Morgan fingerprint density at radius 3 is 2.65 bits per heavy atom. The van der Waals surface area contributed by atoms with E-state index in [1.54, 1.807) is 18.7 Å². The second-order valence-corrected chi connectivity index (χ2v) is 8.24. The van der Waals surface area contributed by atoms with Crippen LogP contribution in [-0.4, -0.2) is 26.2 Å². The van der Waals surface area contributed by atoms with Crippen molar-refractivity contribution in [1.29, 1.82) is 0 Å². The number of allylic oxidation sites excluding steroid dienone is 1. The first-order valence-electron chi connectivity index (χ1n) is 10.8. The van der Waals surface area contributed by atoms with Crippen molar-refractivity contribution in [3.8, 4) is 11.5 Å². The van der Waals surface area contributed by atoms with Crippen LogP contribution in [0.2, 0.25) is 5.02 Å². The van der Waals surface area contributed by atoms with Crippen LogP contribution in [0.1, 0.15) is 43.2 Å². The van der Waals surface area contributed by atoms with Crippen molar-refractivity contribution in [3.63, 3.8) is 0 Å². The topological polar surface area (TPSA) is 59.6 Å². The molecule has 3 rings (SSSR count). The molecule has 0 radical (unpaired) electrons. The lowest BCUT2D eigenvalue weighted by Crippen LogP contribution is -2.20. The smallest absolute Gasteiger partial charge is 0.262 e. The number of hydrogen-bond acceptors (Lipinski definition) is 4. The molecule has 1 amide bonds. The average molecular weight is 443 g/mol. The van der Waals surface area contributed by atoms with Gasteiger partial charge in [-0.1, -0.05) is 40.9 Å². The minimum atomic E-state index is -0.246. The predicted octanol–water partition coefficient (Wildman–Crippen LogP) is 5.65. The van der Waals surface area contributed by atoms with Gasteiger partial charge in [0.25, 0.3) is 5.91 Å². The van der Waals surface area contributed by atoms with Gasteiger partial charge in [0.2, 0.25) is 0 Å². The van der Waals surface area contributed by atoms with Gasteiger partial charge >= 0.3 is 0 Å². The van der Waals surface area contributed by atoms with Gasteiger partial charge in [-0.3, -0.25) is 4.79 Å². The summed E-state index contributed by atoms with van der Waals surface area (Å²) >= 11 is 6.46. The molecule has 0 bridgehead atoms. The zero-order valence-electron chi connectivity index (χ0n) is 18.3. The molecule has 31 heavy (non-hydrogen) atoms. The lowest BCUT2D eigenvalue weighted by atomic mass is 9.97. The van der Waals surface area contributed by atoms with Gasteiger partial charge in [0.05, 0.1) is 7.11 Å². The van der Waals surface area contributed by atoms with Crippen molar-refractivity contribution in [2.75, 3.05) is 25.6 Å². The van der Waals surface area contributed by atoms with Gasteiger partial charge in [0, 0.05) is 23.3 Å². The Balaban J connectivity index is 1.51. The van der Waals surface area contributed by atoms with Crippen molar-refractivity contribution in [2.45, 2.75) is 45.6 Å². The van der Waals surface area contributed by atoms with Crippen LogP contribution in [0.25, 0.3) is 0 Å². The normalized spacial score (nSPS) is 13.5. The fourth-order valence-electron chi connectivity index (χ4n) is 3.57. The second kappa shape index (κ2) is 11.8. The molecule has 0 heterocycles. The number of nitrogens with one attached hydrogen (secondary N) is 2.